The Morgan fingerprint density at radius 1 is 1.16 bits per heavy atom. The van der Waals surface area contributed by atoms with Gasteiger partial charge in [0.15, 0.2) is 10.9 Å². The summed E-state index contributed by atoms with van der Waals surface area (Å²) in [5.41, 5.74) is 3.25. The first-order valence-electron chi connectivity index (χ1n) is 9.16. The van der Waals surface area contributed by atoms with Crippen LogP contribution >= 0.6 is 11.3 Å². The number of aromatic nitrogens is 1. The molecule has 0 aliphatic carbocycles. The molecule has 0 radical (unpaired) electrons. The zero-order valence-electron chi connectivity index (χ0n) is 16.9. The second-order valence-electron chi connectivity index (χ2n) is 6.86. The van der Waals surface area contributed by atoms with E-state index in [4.69, 9.17) is 9.15 Å². The summed E-state index contributed by atoms with van der Waals surface area (Å²) >= 11 is 1.28. The van der Waals surface area contributed by atoms with Crippen LogP contribution in [-0.2, 0) is 10.0 Å². The topological polar surface area (TPSA) is 111 Å². The van der Waals surface area contributed by atoms with Crippen LogP contribution in [0.1, 0.15) is 16.1 Å². The summed E-state index contributed by atoms with van der Waals surface area (Å²) in [4.78, 5) is 17.2. The molecule has 0 unspecified atom stereocenters. The lowest BCUT2D eigenvalue weighted by atomic mass is 10.1. The number of furan rings is 1. The van der Waals surface area contributed by atoms with Crippen molar-refractivity contribution < 1.29 is 22.4 Å². The summed E-state index contributed by atoms with van der Waals surface area (Å²) in [5.74, 6) is 0.517. The molecule has 160 valence electrons. The maximum Gasteiger partial charge on any atom is 0.293 e. The van der Waals surface area contributed by atoms with Crippen molar-refractivity contribution in [1.82, 2.24) is 4.98 Å². The van der Waals surface area contributed by atoms with Gasteiger partial charge < -0.3 is 9.15 Å². The highest BCUT2D eigenvalue weighted by molar-refractivity contribution is 7.92. The standard InChI is InChI=1S/C21H19N3O5S2/c1-12-16-10-15(28-2)8-9-18(16)29-19(12)20(25)23-21-22-17(11-30-21)13-4-6-14(7-5-13)24-31(3,26)27/h4-11,24H,1-3H3,(H,22,23,25). The molecule has 2 heterocycles. The van der Waals surface area contributed by atoms with Crippen molar-refractivity contribution in [3.05, 3.63) is 59.2 Å². The van der Waals surface area contributed by atoms with Crippen LogP contribution < -0.4 is 14.8 Å². The predicted molar refractivity (Wildman–Crippen MR) is 121 cm³/mol. The third-order valence-electron chi connectivity index (χ3n) is 4.56. The number of fused-ring (bicyclic) bond motifs is 1. The number of methoxy groups -OCH3 is 1. The summed E-state index contributed by atoms with van der Waals surface area (Å²) in [6, 6.07) is 12.2. The van der Waals surface area contributed by atoms with Gasteiger partial charge in [-0.3, -0.25) is 14.8 Å². The van der Waals surface area contributed by atoms with Gasteiger partial charge in [0.2, 0.25) is 10.0 Å². The minimum absolute atomic E-state index is 0.219. The molecule has 0 aliphatic rings. The summed E-state index contributed by atoms with van der Waals surface area (Å²) in [6.07, 6.45) is 1.09. The highest BCUT2D eigenvalue weighted by Gasteiger charge is 2.19. The number of carbonyl (C=O) groups is 1. The van der Waals surface area contributed by atoms with Crippen molar-refractivity contribution in [1.29, 1.82) is 0 Å². The Hall–Kier alpha value is -3.37. The van der Waals surface area contributed by atoms with E-state index in [1.807, 2.05) is 18.4 Å². The first kappa shape index (κ1) is 20.9. The number of aryl methyl sites for hydroxylation is 1. The van der Waals surface area contributed by atoms with Crippen molar-refractivity contribution >= 4 is 49.1 Å². The molecule has 2 N–H and O–H groups in total. The molecular weight excluding hydrogens is 438 g/mol. The average Bonchev–Trinajstić information content (AvgIpc) is 3.32. The molecule has 0 aliphatic heterocycles. The Kier molecular flexibility index (Phi) is 5.42. The van der Waals surface area contributed by atoms with Crippen molar-refractivity contribution in [3.8, 4) is 17.0 Å². The van der Waals surface area contributed by atoms with Crippen molar-refractivity contribution in [2.75, 3.05) is 23.4 Å². The number of anilines is 2. The van der Waals surface area contributed by atoms with E-state index >= 15 is 0 Å². The van der Waals surface area contributed by atoms with Gasteiger partial charge in [0.1, 0.15) is 11.3 Å². The summed E-state index contributed by atoms with van der Waals surface area (Å²) in [7, 11) is -1.75. The average molecular weight is 458 g/mol. The van der Waals surface area contributed by atoms with E-state index in [9.17, 15) is 13.2 Å². The SMILES string of the molecule is COc1ccc2oc(C(=O)Nc3nc(-c4ccc(NS(C)(=O)=O)cc4)cs3)c(C)c2c1. The van der Waals surface area contributed by atoms with Gasteiger partial charge >= 0.3 is 0 Å². The maximum atomic E-state index is 12.7. The molecule has 0 saturated carbocycles. The maximum absolute atomic E-state index is 12.7. The lowest BCUT2D eigenvalue weighted by Crippen LogP contribution is -2.11. The minimum atomic E-state index is -3.33. The zero-order valence-corrected chi connectivity index (χ0v) is 18.6. The Morgan fingerprint density at radius 2 is 1.90 bits per heavy atom. The number of ether oxygens (including phenoxy) is 1. The highest BCUT2D eigenvalue weighted by atomic mass is 32.2. The van der Waals surface area contributed by atoms with Crippen molar-refractivity contribution in [3.63, 3.8) is 0 Å². The molecule has 4 aromatic rings. The van der Waals surface area contributed by atoms with E-state index in [1.165, 1.54) is 11.3 Å². The summed E-state index contributed by atoms with van der Waals surface area (Å²) in [5, 5.41) is 5.82. The van der Waals surface area contributed by atoms with E-state index < -0.39 is 10.0 Å². The molecule has 8 nitrogen and oxygen atoms in total. The molecule has 0 spiro atoms. The molecule has 31 heavy (non-hydrogen) atoms. The van der Waals surface area contributed by atoms with E-state index in [0.29, 0.717) is 27.8 Å². The van der Waals surface area contributed by atoms with E-state index in [1.54, 1.807) is 43.5 Å². The van der Waals surface area contributed by atoms with Gasteiger partial charge in [-0.25, -0.2) is 13.4 Å². The fourth-order valence-electron chi connectivity index (χ4n) is 3.08. The number of amides is 1. The van der Waals surface area contributed by atoms with Gasteiger partial charge in [-0.1, -0.05) is 12.1 Å². The van der Waals surface area contributed by atoms with Crippen LogP contribution in [0.15, 0.2) is 52.3 Å². The first-order chi connectivity index (χ1) is 14.7. The zero-order chi connectivity index (χ0) is 22.2. The third-order valence-corrected chi connectivity index (χ3v) is 5.92. The molecule has 0 bridgehead atoms. The predicted octanol–water partition coefficient (Wildman–Crippen LogP) is 4.50. The van der Waals surface area contributed by atoms with Gasteiger partial charge in [-0.15, -0.1) is 11.3 Å². The van der Waals surface area contributed by atoms with Crippen LogP contribution in [0.2, 0.25) is 0 Å². The normalized spacial score (nSPS) is 11.5. The van der Waals surface area contributed by atoms with E-state index in [2.05, 4.69) is 15.0 Å². The number of rotatable bonds is 6. The highest BCUT2D eigenvalue weighted by Crippen LogP contribution is 2.30. The number of sulfonamides is 1. The number of carbonyl (C=O) groups excluding carboxylic acids is 1. The number of nitrogens with one attached hydrogen (secondary N) is 2. The monoisotopic (exact) mass is 457 g/mol. The quantitative estimate of drug-likeness (QED) is 0.441. The van der Waals surface area contributed by atoms with Gasteiger partial charge in [-0.05, 0) is 37.3 Å². The minimum Gasteiger partial charge on any atom is -0.497 e. The Balaban J connectivity index is 1.52. The van der Waals surface area contributed by atoms with E-state index in [0.717, 1.165) is 22.8 Å². The molecule has 2 aromatic carbocycles. The van der Waals surface area contributed by atoms with Gasteiger partial charge in [0.05, 0.1) is 19.1 Å². The van der Waals surface area contributed by atoms with Crippen LogP contribution in [0.3, 0.4) is 0 Å². The number of hydrogen-bond donors (Lipinski definition) is 2. The summed E-state index contributed by atoms with van der Waals surface area (Å²) < 4.78 is 36.0. The second-order valence-corrected chi connectivity index (χ2v) is 9.47. The second kappa shape index (κ2) is 8.05. The summed E-state index contributed by atoms with van der Waals surface area (Å²) in [6.45, 7) is 1.82. The molecule has 1 amide bonds. The largest absolute Gasteiger partial charge is 0.497 e. The number of hydrogen-bond acceptors (Lipinski definition) is 7. The lowest BCUT2D eigenvalue weighted by molar-refractivity contribution is 0.0998. The Bertz CT molecular complexity index is 1370. The fourth-order valence-corrected chi connectivity index (χ4v) is 4.36. The van der Waals surface area contributed by atoms with Crippen molar-refractivity contribution in [2.45, 2.75) is 6.92 Å². The number of benzene rings is 2. The third kappa shape index (κ3) is 4.54. The molecule has 4 rings (SSSR count). The van der Waals surface area contributed by atoms with Gasteiger partial charge in [-0.2, -0.15) is 0 Å². The molecule has 2 aromatic heterocycles. The molecule has 0 fully saturated rings. The number of nitrogens with zero attached hydrogens (tertiary/aromatic N) is 1. The van der Waals surface area contributed by atoms with Crippen LogP contribution in [0.4, 0.5) is 10.8 Å². The molecule has 0 saturated heterocycles. The lowest BCUT2D eigenvalue weighted by Gasteiger charge is -2.04. The Morgan fingerprint density at radius 3 is 2.58 bits per heavy atom. The number of thiazole rings is 1. The molecule has 0 atom stereocenters. The van der Waals surface area contributed by atoms with Crippen LogP contribution in [0, 0.1) is 6.92 Å². The van der Waals surface area contributed by atoms with Crippen LogP contribution in [-0.4, -0.2) is 32.7 Å². The first-order valence-corrected chi connectivity index (χ1v) is 11.9. The molecule has 10 heteroatoms. The van der Waals surface area contributed by atoms with Crippen LogP contribution in [0.25, 0.3) is 22.2 Å². The van der Waals surface area contributed by atoms with E-state index in [-0.39, 0.29) is 11.7 Å². The van der Waals surface area contributed by atoms with Crippen molar-refractivity contribution in [2.24, 2.45) is 0 Å². The Labute approximate surface area is 182 Å². The smallest absolute Gasteiger partial charge is 0.293 e. The van der Waals surface area contributed by atoms with Gasteiger partial charge in [0, 0.05) is 27.6 Å². The van der Waals surface area contributed by atoms with Gasteiger partial charge in [0.25, 0.3) is 5.91 Å². The fraction of sp³-hybridized carbons (Fsp3) is 0.143. The molecular formula is C21H19N3O5S2. The van der Waals surface area contributed by atoms with Crippen LogP contribution in [0.5, 0.6) is 5.75 Å².